The van der Waals surface area contributed by atoms with E-state index in [2.05, 4.69) is 15.5 Å². The average molecular weight is 330 g/mol. The van der Waals surface area contributed by atoms with Crippen LogP contribution in [0.3, 0.4) is 0 Å². The van der Waals surface area contributed by atoms with Crippen molar-refractivity contribution in [3.8, 4) is 17.2 Å². The Morgan fingerprint density at radius 2 is 1.91 bits per heavy atom. The van der Waals surface area contributed by atoms with Crippen molar-refractivity contribution in [3.05, 3.63) is 65.0 Å². The topological polar surface area (TPSA) is 60.2 Å². The number of hydrogen-bond acceptors (Lipinski definition) is 5. The minimum atomic E-state index is 0.466. The lowest BCUT2D eigenvalue weighted by molar-refractivity contribution is 0.414. The van der Waals surface area contributed by atoms with Gasteiger partial charge in [-0.2, -0.15) is 0 Å². The summed E-state index contributed by atoms with van der Waals surface area (Å²) < 4.78 is 10.8. The molecule has 6 heteroatoms. The van der Waals surface area contributed by atoms with Gasteiger partial charge in [-0.05, 0) is 35.9 Å². The molecular formula is C17H16ClN3O2. The average Bonchev–Trinajstić information content (AvgIpc) is 3.04. The van der Waals surface area contributed by atoms with Gasteiger partial charge >= 0.3 is 0 Å². The standard InChI is InChI=1S/C17H16ClN3O2/c1-22-15-7-5-12(6-8-15)10-19-11-16-20-21-17(23-16)13-3-2-4-14(18)9-13/h2-9,19H,10-11H2,1H3. The number of ether oxygens (including phenoxy) is 1. The largest absolute Gasteiger partial charge is 0.497 e. The molecule has 118 valence electrons. The minimum Gasteiger partial charge on any atom is -0.497 e. The number of hydrogen-bond donors (Lipinski definition) is 1. The lowest BCUT2D eigenvalue weighted by Gasteiger charge is -2.04. The van der Waals surface area contributed by atoms with E-state index in [4.69, 9.17) is 20.8 Å². The fourth-order valence-corrected chi connectivity index (χ4v) is 2.31. The second-order valence-corrected chi connectivity index (χ2v) is 5.40. The molecule has 0 atom stereocenters. The molecule has 0 fully saturated rings. The molecule has 0 unspecified atom stereocenters. The summed E-state index contributed by atoms with van der Waals surface area (Å²) in [4.78, 5) is 0. The maximum atomic E-state index is 5.96. The van der Waals surface area contributed by atoms with Crippen molar-refractivity contribution in [2.24, 2.45) is 0 Å². The number of halogens is 1. The Morgan fingerprint density at radius 3 is 2.65 bits per heavy atom. The van der Waals surface area contributed by atoms with E-state index < -0.39 is 0 Å². The number of nitrogens with one attached hydrogen (secondary N) is 1. The van der Waals surface area contributed by atoms with Gasteiger partial charge in [-0.1, -0.05) is 29.8 Å². The van der Waals surface area contributed by atoms with E-state index in [1.165, 1.54) is 0 Å². The van der Waals surface area contributed by atoms with Crippen LogP contribution in [0.25, 0.3) is 11.5 Å². The Balaban J connectivity index is 1.56. The van der Waals surface area contributed by atoms with E-state index in [0.29, 0.717) is 29.9 Å². The van der Waals surface area contributed by atoms with Gasteiger partial charge in [-0.25, -0.2) is 0 Å². The molecule has 0 aliphatic heterocycles. The van der Waals surface area contributed by atoms with Crippen LogP contribution in [0, 0.1) is 0 Å². The van der Waals surface area contributed by atoms with Gasteiger partial charge in [0.05, 0.1) is 13.7 Å². The molecule has 1 aromatic heterocycles. The predicted octanol–water partition coefficient (Wildman–Crippen LogP) is 3.69. The first-order chi connectivity index (χ1) is 11.2. The lowest BCUT2D eigenvalue weighted by Crippen LogP contribution is -2.12. The van der Waals surface area contributed by atoms with Gasteiger partial charge < -0.3 is 14.5 Å². The first kappa shape index (κ1) is 15.5. The summed E-state index contributed by atoms with van der Waals surface area (Å²) in [5.41, 5.74) is 1.96. The van der Waals surface area contributed by atoms with Crippen molar-refractivity contribution < 1.29 is 9.15 Å². The van der Waals surface area contributed by atoms with E-state index >= 15 is 0 Å². The third-order valence-electron chi connectivity index (χ3n) is 3.30. The highest BCUT2D eigenvalue weighted by Gasteiger charge is 2.08. The van der Waals surface area contributed by atoms with Crippen molar-refractivity contribution in [2.45, 2.75) is 13.1 Å². The molecule has 3 aromatic rings. The molecule has 0 radical (unpaired) electrons. The molecule has 0 spiro atoms. The highest BCUT2D eigenvalue weighted by Crippen LogP contribution is 2.21. The van der Waals surface area contributed by atoms with Gasteiger partial charge in [0.25, 0.3) is 0 Å². The van der Waals surface area contributed by atoms with E-state index in [9.17, 15) is 0 Å². The molecule has 1 heterocycles. The Bertz CT molecular complexity index is 772. The Hall–Kier alpha value is -2.37. The molecule has 1 N–H and O–H groups in total. The quantitative estimate of drug-likeness (QED) is 0.747. The summed E-state index contributed by atoms with van der Waals surface area (Å²) in [6.45, 7) is 1.21. The van der Waals surface area contributed by atoms with E-state index in [0.717, 1.165) is 16.9 Å². The normalized spacial score (nSPS) is 10.7. The SMILES string of the molecule is COc1ccc(CNCc2nnc(-c3cccc(Cl)c3)o2)cc1. The molecule has 0 bridgehead atoms. The van der Waals surface area contributed by atoms with Gasteiger partial charge in [-0.3, -0.25) is 0 Å². The van der Waals surface area contributed by atoms with Crippen LogP contribution >= 0.6 is 11.6 Å². The number of methoxy groups -OCH3 is 1. The van der Waals surface area contributed by atoms with Crippen molar-refractivity contribution in [1.82, 2.24) is 15.5 Å². The van der Waals surface area contributed by atoms with Crippen LogP contribution in [-0.2, 0) is 13.1 Å². The Morgan fingerprint density at radius 1 is 1.09 bits per heavy atom. The lowest BCUT2D eigenvalue weighted by atomic mass is 10.2. The molecule has 0 aliphatic carbocycles. The first-order valence-corrected chi connectivity index (χ1v) is 7.54. The van der Waals surface area contributed by atoms with E-state index in [1.54, 1.807) is 19.2 Å². The van der Waals surface area contributed by atoms with Crippen LogP contribution in [0.4, 0.5) is 0 Å². The maximum absolute atomic E-state index is 5.96. The van der Waals surface area contributed by atoms with Gasteiger partial charge in [0.1, 0.15) is 5.75 Å². The summed E-state index contributed by atoms with van der Waals surface area (Å²) in [5, 5.41) is 12.0. The highest BCUT2D eigenvalue weighted by molar-refractivity contribution is 6.30. The van der Waals surface area contributed by atoms with Crippen molar-refractivity contribution in [3.63, 3.8) is 0 Å². The summed E-state index contributed by atoms with van der Waals surface area (Å²) >= 11 is 5.96. The van der Waals surface area contributed by atoms with Crippen LogP contribution in [0.2, 0.25) is 5.02 Å². The smallest absolute Gasteiger partial charge is 0.247 e. The van der Waals surface area contributed by atoms with Gasteiger partial charge in [0.2, 0.25) is 11.8 Å². The number of benzene rings is 2. The zero-order valence-electron chi connectivity index (χ0n) is 12.6. The molecule has 2 aromatic carbocycles. The minimum absolute atomic E-state index is 0.466. The third-order valence-corrected chi connectivity index (χ3v) is 3.54. The fourth-order valence-electron chi connectivity index (χ4n) is 2.12. The van der Waals surface area contributed by atoms with E-state index in [-0.39, 0.29) is 0 Å². The van der Waals surface area contributed by atoms with E-state index in [1.807, 2.05) is 36.4 Å². The molecule has 0 saturated carbocycles. The van der Waals surface area contributed by atoms with Crippen LogP contribution in [0.15, 0.2) is 52.9 Å². The summed E-state index contributed by atoms with van der Waals surface area (Å²) in [6.07, 6.45) is 0. The van der Waals surface area contributed by atoms with Gasteiger partial charge in [-0.15, -0.1) is 10.2 Å². The monoisotopic (exact) mass is 329 g/mol. The molecule has 5 nitrogen and oxygen atoms in total. The van der Waals surface area contributed by atoms with Crippen LogP contribution in [0.5, 0.6) is 5.75 Å². The number of nitrogens with zero attached hydrogens (tertiary/aromatic N) is 2. The molecule has 0 aliphatic rings. The van der Waals surface area contributed by atoms with Crippen LogP contribution in [-0.4, -0.2) is 17.3 Å². The summed E-state index contributed by atoms with van der Waals surface area (Å²) in [5.74, 6) is 1.85. The van der Waals surface area contributed by atoms with Gasteiger partial charge in [0, 0.05) is 17.1 Å². The zero-order chi connectivity index (χ0) is 16.1. The second-order valence-electron chi connectivity index (χ2n) is 4.96. The molecule has 23 heavy (non-hydrogen) atoms. The molecular weight excluding hydrogens is 314 g/mol. The van der Waals surface area contributed by atoms with Crippen molar-refractivity contribution >= 4 is 11.6 Å². The van der Waals surface area contributed by atoms with Crippen molar-refractivity contribution in [2.75, 3.05) is 7.11 Å². The van der Waals surface area contributed by atoms with Gasteiger partial charge in [0.15, 0.2) is 0 Å². The van der Waals surface area contributed by atoms with Crippen LogP contribution in [0.1, 0.15) is 11.5 Å². The summed E-state index contributed by atoms with van der Waals surface area (Å²) in [7, 11) is 1.65. The molecule has 0 amide bonds. The first-order valence-electron chi connectivity index (χ1n) is 7.16. The fraction of sp³-hybridized carbons (Fsp3) is 0.176. The highest BCUT2D eigenvalue weighted by atomic mass is 35.5. The molecule has 3 rings (SSSR count). The predicted molar refractivity (Wildman–Crippen MR) is 88.3 cm³/mol. The zero-order valence-corrected chi connectivity index (χ0v) is 13.4. The number of aromatic nitrogens is 2. The maximum Gasteiger partial charge on any atom is 0.247 e. The molecule has 0 saturated heterocycles. The third kappa shape index (κ3) is 4.09. The van der Waals surface area contributed by atoms with Crippen LogP contribution < -0.4 is 10.1 Å². The second kappa shape index (κ2) is 7.26. The Labute approximate surface area is 139 Å². The van der Waals surface area contributed by atoms with Crippen molar-refractivity contribution in [1.29, 1.82) is 0 Å². The number of rotatable bonds is 6. The Kier molecular flexibility index (Phi) is 4.90. The summed E-state index contributed by atoms with van der Waals surface area (Å²) in [6, 6.07) is 15.2.